The molecular formula is C8H11. The van der Waals surface area contributed by atoms with Crippen LogP contribution in [0, 0.1) is 6.42 Å². The lowest BCUT2D eigenvalue weighted by atomic mass is 10.2. The Labute approximate surface area is 50.9 Å². The van der Waals surface area contributed by atoms with Crippen LogP contribution < -0.4 is 0 Å². The molecule has 0 bridgehead atoms. The highest BCUT2D eigenvalue weighted by atomic mass is 14.1. The Balaban J connectivity index is 1.88. The van der Waals surface area contributed by atoms with Crippen molar-refractivity contribution in [1.82, 2.24) is 0 Å². The van der Waals surface area contributed by atoms with Gasteiger partial charge >= 0.3 is 0 Å². The molecule has 0 aromatic carbocycles. The highest BCUT2D eigenvalue weighted by molar-refractivity contribution is 5.38. The first-order valence-corrected chi connectivity index (χ1v) is 3.08. The molecule has 0 aromatic rings. The molecular weight excluding hydrogens is 96.1 g/mol. The Hall–Kier alpha value is -0.520. The van der Waals surface area contributed by atoms with Gasteiger partial charge in [-0.2, -0.15) is 0 Å². The molecule has 1 aliphatic carbocycles. The van der Waals surface area contributed by atoms with Gasteiger partial charge in [0.15, 0.2) is 0 Å². The highest BCUT2D eigenvalue weighted by Crippen LogP contribution is 2.22. The summed E-state index contributed by atoms with van der Waals surface area (Å²) in [5.41, 5.74) is 1.52. The second-order valence-corrected chi connectivity index (χ2v) is 2.09. The average molecular weight is 107 g/mol. The maximum atomic E-state index is 3.65. The van der Waals surface area contributed by atoms with Gasteiger partial charge in [0, 0.05) is 6.42 Å². The zero-order valence-electron chi connectivity index (χ0n) is 5.06. The van der Waals surface area contributed by atoms with E-state index < -0.39 is 0 Å². The molecule has 0 heteroatoms. The fraction of sp³-hybridized carbons (Fsp3) is 0.375. The zero-order chi connectivity index (χ0) is 5.82. The van der Waals surface area contributed by atoms with Crippen LogP contribution in [-0.4, -0.2) is 0 Å². The lowest BCUT2D eigenvalue weighted by molar-refractivity contribution is 0.858. The Morgan fingerprint density at radius 2 is 2.38 bits per heavy atom. The summed E-state index contributed by atoms with van der Waals surface area (Å²) in [5, 5.41) is 0. The second-order valence-electron chi connectivity index (χ2n) is 2.09. The molecule has 0 nitrogen and oxygen atoms in total. The van der Waals surface area contributed by atoms with Gasteiger partial charge in [0.25, 0.3) is 0 Å². The number of hydrogen-bond donors (Lipinski definition) is 0. The fourth-order valence-corrected chi connectivity index (χ4v) is 0.676. The van der Waals surface area contributed by atoms with Crippen LogP contribution in [0.4, 0.5) is 0 Å². The predicted octanol–water partition coefficient (Wildman–Crippen LogP) is 2.49. The van der Waals surface area contributed by atoms with Gasteiger partial charge in [-0.15, -0.1) is 6.58 Å². The summed E-state index contributed by atoms with van der Waals surface area (Å²) in [4.78, 5) is 0. The van der Waals surface area contributed by atoms with Gasteiger partial charge in [0.1, 0.15) is 0 Å². The van der Waals surface area contributed by atoms with E-state index in [1.165, 1.54) is 18.4 Å². The van der Waals surface area contributed by atoms with E-state index in [2.05, 4.69) is 19.1 Å². The first kappa shape index (κ1) is 5.61. The van der Waals surface area contributed by atoms with Crippen molar-refractivity contribution in [2.24, 2.45) is 0 Å². The highest BCUT2D eigenvalue weighted by Gasteiger charge is 2.04. The van der Waals surface area contributed by atoms with Crippen LogP contribution in [-0.2, 0) is 0 Å². The van der Waals surface area contributed by atoms with Crippen molar-refractivity contribution in [3.63, 3.8) is 0 Å². The van der Waals surface area contributed by atoms with Crippen LogP contribution in [0.15, 0.2) is 24.3 Å². The smallest absolute Gasteiger partial charge is 0.00802 e. The van der Waals surface area contributed by atoms with Crippen molar-refractivity contribution < 1.29 is 0 Å². The van der Waals surface area contributed by atoms with Crippen molar-refractivity contribution in [1.29, 1.82) is 0 Å². The third-order valence-corrected chi connectivity index (χ3v) is 1.28. The monoisotopic (exact) mass is 107 g/mol. The van der Waals surface area contributed by atoms with Crippen molar-refractivity contribution in [3.8, 4) is 0 Å². The predicted molar refractivity (Wildman–Crippen MR) is 36.4 cm³/mol. The third kappa shape index (κ3) is 1.97. The van der Waals surface area contributed by atoms with E-state index in [4.69, 9.17) is 0 Å². The summed E-state index contributed by atoms with van der Waals surface area (Å²) in [5.74, 6) is 0. The summed E-state index contributed by atoms with van der Waals surface area (Å²) in [6.45, 7) is 3.65. The van der Waals surface area contributed by atoms with E-state index in [0.29, 0.717) is 0 Å². The minimum absolute atomic E-state index is 1.16. The third-order valence-electron chi connectivity index (χ3n) is 1.28. The van der Waals surface area contributed by atoms with Gasteiger partial charge < -0.3 is 0 Å². The molecule has 0 aliphatic heterocycles. The zero-order valence-corrected chi connectivity index (χ0v) is 5.06. The van der Waals surface area contributed by atoms with E-state index in [-0.39, 0.29) is 0 Å². The molecule has 1 aliphatic rings. The molecule has 1 radical (unpaired) electrons. The minimum Gasteiger partial charge on any atom is -0.103 e. The number of allylic oxidation sites excluding steroid dienone is 3. The molecule has 8 heavy (non-hydrogen) atoms. The summed E-state index contributed by atoms with van der Waals surface area (Å²) >= 11 is 0. The fourth-order valence-electron chi connectivity index (χ4n) is 0.676. The number of hydrogen-bond acceptors (Lipinski definition) is 0. The number of rotatable bonds is 4. The molecule has 0 N–H and O–H groups in total. The molecule has 0 aromatic heterocycles. The van der Waals surface area contributed by atoms with Crippen molar-refractivity contribution in [2.75, 3.05) is 0 Å². The molecule has 0 amide bonds. The molecule has 43 valence electrons. The van der Waals surface area contributed by atoms with Gasteiger partial charge in [0.05, 0.1) is 0 Å². The molecule has 0 saturated heterocycles. The van der Waals surface area contributed by atoms with E-state index in [1.807, 2.05) is 6.08 Å². The molecule has 0 atom stereocenters. The van der Waals surface area contributed by atoms with E-state index in [0.717, 1.165) is 6.42 Å². The van der Waals surface area contributed by atoms with Crippen molar-refractivity contribution in [2.45, 2.75) is 19.3 Å². The van der Waals surface area contributed by atoms with Gasteiger partial charge in [-0.3, -0.25) is 0 Å². The Kier molecular flexibility index (Phi) is 1.90. The Morgan fingerprint density at radius 3 is 2.88 bits per heavy atom. The molecule has 1 rings (SSSR count). The van der Waals surface area contributed by atoms with Crippen LogP contribution >= 0.6 is 0 Å². The second kappa shape index (κ2) is 2.71. The maximum Gasteiger partial charge on any atom is 0.00802 e. The summed E-state index contributed by atoms with van der Waals surface area (Å²) in [7, 11) is 0. The lowest BCUT2D eigenvalue weighted by Gasteiger charge is -1.87. The van der Waals surface area contributed by atoms with Gasteiger partial charge in [-0.05, 0) is 19.3 Å². The van der Waals surface area contributed by atoms with Crippen LogP contribution in [0.2, 0.25) is 0 Å². The van der Waals surface area contributed by atoms with Crippen LogP contribution in [0.1, 0.15) is 19.3 Å². The molecule has 0 fully saturated rings. The van der Waals surface area contributed by atoms with E-state index >= 15 is 0 Å². The van der Waals surface area contributed by atoms with Crippen molar-refractivity contribution in [3.05, 3.63) is 30.7 Å². The first-order valence-electron chi connectivity index (χ1n) is 3.08. The van der Waals surface area contributed by atoms with Gasteiger partial charge in [-0.1, -0.05) is 17.7 Å². The minimum atomic E-state index is 1.16. The van der Waals surface area contributed by atoms with Crippen LogP contribution in [0.3, 0.4) is 0 Å². The normalized spacial score (nSPS) is 15.2. The summed E-state index contributed by atoms with van der Waals surface area (Å²) in [6, 6.07) is 0. The van der Waals surface area contributed by atoms with Gasteiger partial charge in [0.2, 0.25) is 0 Å². The van der Waals surface area contributed by atoms with E-state index in [1.54, 1.807) is 0 Å². The Morgan fingerprint density at radius 1 is 1.62 bits per heavy atom. The standard InChI is InChI=1S/C8H11/c1-2-3-4-5-8-6-7-8/h2,6-7H,1,3-5H2. The van der Waals surface area contributed by atoms with Gasteiger partial charge in [-0.25, -0.2) is 0 Å². The Bertz CT molecular complexity index is 109. The topological polar surface area (TPSA) is 0 Å². The number of unbranched alkanes of at least 4 members (excludes halogenated alkanes) is 1. The molecule has 0 heterocycles. The van der Waals surface area contributed by atoms with Crippen LogP contribution in [0.5, 0.6) is 0 Å². The average Bonchev–Trinajstić information content (AvgIpc) is 2.51. The van der Waals surface area contributed by atoms with Crippen LogP contribution in [0.25, 0.3) is 0 Å². The molecule has 0 spiro atoms. The quantitative estimate of drug-likeness (QED) is 0.382. The largest absolute Gasteiger partial charge is 0.103 e. The summed E-state index contributed by atoms with van der Waals surface area (Å²) < 4.78 is 0. The lowest BCUT2D eigenvalue weighted by Crippen LogP contribution is -1.68. The first-order chi connectivity index (χ1) is 3.93. The van der Waals surface area contributed by atoms with Crippen molar-refractivity contribution >= 4 is 0 Å². The SMILES string of the molecule is C=CCCCC1=C[CH]1. The molecule has 0 unspecified atom stereocenters. The molecule has 0 saturated carbocycles. The van der Waals surface area contributed by atoms with E-state index in [9.17, 15) is 0 Å². The maximum absolute atomic E-state index is 3.65. The summed E-state index contributed by atoms with van der Waals surface area (Å²) in [6.07, 6.45) is 10.00.